The van der Waals surface area contributed by atoms with Gasteiger partial charge in [0.2, 0.25) is 5.91 Å². The predicted molar refractivity (Wildman–Crippen MR) is 81.8 cm³/mol. The molecule has 7 heteroatoms. The summed E-state index contributed by atoms with van der Waals surface area (Å²) in [4.78, 5) is 23.6. The van der Waals surface area contributed by atoms with E-state index in [0.29, 0.717) is 18.2 Å². The van der Waals surface area contributed by atoms with Gasteiger partial charge < -0.3 is 19.5 Å². The summed E-state index contributed by atoms with van der Waals surface area (Å²) in [5, 5.41) is 3.16. The van der Waals surface area contributed by atoms with Crippen molar-refractivity contribution in [3.05, 3.63) is 34.9 Å². The molecule has 0 aliphatic heterocycles. The highest BCUT2D eigenvalue weighted by molar-refractivity contribution is 6.30. The van der Waals surface area contributed by atoms with Gasteiger partial charge in [-0.1, -0.05) is 23.7 Å². The molecular formula is C15H20ClNO5. The molecule has 6 nitrogen and oxygen atoms in total. The van der Waals surface area contributed by atoms with E-state index in [2.05, 4.69) is 5.32 Å². The molecule has 0 spiro atoms. The molecule has 0 heterocycles. The van der Waals surface area contributed by atoms with Crippen molar-refractivity contribution in [1.82, 2.24) is 5.32 Å². The van der Waals surface area contributed by atoms with Crippen LogP contribution in [0.25, 0.3) is 0 Å². The van der Waals surface area contributed by atoms with Crippen molar-refractivity contribution in [2.24, 2.45) is 0 Å². The molecule has 1 atom stereocenters. The van der Waals surface area contributed by atoms with E-state index in [9.17, 15) is 9.59 Å². The third-order valence-electron chi connectivity index (χ3n) is 2.81. The predicted octanol–water partition coefficient (Wildman–Crippen LogP) is 1.20. The van der Waals surface area contributed by atoms with Gasteiger partial charge in [0.15, 0.2) is 0 Å². The molecule has 0 aromatic heterocycles. The van der Waals surface area contributed by atoms with Gasteiger partial charge in [0.25, 0.3) is 0 Å². The molecule has 1 aromatic rings. The Kier molecular flexibility index (Phi) is 8.50. The maximum atomic E-state index is 11.8. The van der Waals surface area contributed by atoms with Gasteiger partial charge in [-0.2, -0.15) is 0 Å². The van der Waals surface area contributed by atoms with Crippen LogP contribution in [0.2, 0.25) is 5.02 Å². The molecule has 122 valence electrons. The van der Waals surface area contributed by atoms with Crippen molar-refractivity contribution in [3.8, 4) is 0 Å². The highest BCUT2D eigenvalue weighted by Gasteiger charge is 2.22. The fourth-order valence-corrected chi connectivity index (χ4v) is 1.99. The van der Waals surface area contributed by atoms with Crippen molar-refractivity contribution in [2.45, 2.75) is 12.5 Å². The second-order valence-electron chi connectivity index (χ2n) is 4.52. The molecule has 1 aromatic carbocycles. The average molecular weight is 330 g/mol. The molecule has 0 saturated heterocycles. The second kappa shape index (κ2) is 10.2. The SMILES string of the molecule is COCCOCC(=O)N[C@@H](Cc1cccc(Cl)c1)C(=O)OC. The first-order valence-electron chi connectivity index (χ1n) is 6.75. The number of carbonyl (C=O) groups is 2. The lowest BCUT2D eigenvalue weighted by Crippen LogP contribution is -2.44. The van der Waals surface area contributed by atoms with Crippen LogP contribution in [0.1, 0.15) is 5.56 Å². The van der Waals surface area contributed by atoms with E-state index in [-0.39, 0.29) is 13.0 Å². The maximum absolute atomic E-state index is 11.8. The fraction of sp³-hybridized carbons (Fsp3) is 0.467. The number of amides is 1. The van der Waals surface area contributed by atoms with Crippen LogP contribution in [-0.4, -0.2) is 52.0 Å². The summed E-state index contributed by atoms with van der Waals surface area (Å²) >= 11 is 5.91. The van der Waals surface area contributed by atoms with E-state index < -0.39 is 17.9 Å². The van der Waals surface area contributed by atoms with Crippen molar-refractivity contribution in [2.75, 3.05) is 34.0 Å². The molecular weight excluding hydrogens is 310 g/mol. The Labute approximate surface area is 134 Å². The number of hydrogen-bond donors (Lipinski definition) is 1. The van der Waals surface area contributed by atoms with Crippen LogP contribution in [0.5, 0.6) is 0 Å². The van der Waals surface area contributed by atoms with Crippen molar-refractivity contribution < 1.29 is 23.8 Å². The van der Waals surface area contributed by atoms with Crippen LogP contribution in [0.15, 0.2) is 24.3 Å². The number of ether oxygens (including phenoxy) is 3. The van der Waals surface area contributed by atoms with Gasteiger partial charge >= 0.3 is 5.97 Å². The summed E-state index contributed by atoms with van der Waals surface area (Å²) in [7, 11) is 2.82. The van der Waals surface area contributed by atoms with Crippen LogP contribution in [0.3, 0.4) is 0 Å². The Morgan fingerprint density at radius 1 is 1.27 bits per heavy atom. The number of hydrogen-bond acceptors (Lipinski definition) is 5. The molecule has 22 heavy (non-hydrogen) atoms. The minimum atomic E-state index is -0.790. The Hall–Kier alpha value is -1.63. The van der Waals surface area contributed by atoms with E-state index in [0.717, 1.165) is 5.56 Å². The summed E-state index contributed by atoms with van der Waals surface area (Å²) in [5.74, 6) is -0.918. The van der Waals surface area contributed by atoms with Gasteiger partial charge in [0.05, 0.1) is 20.3 Å². The smallest absolute Gasteiger partial charge is 0.328 e. The summed E-state index contributed by atoms with van der Waals surface area (Å²) in [5.41, 5.74) is 0.823. The first-order valence-corrected chi connectivity index (χ1v) is 7.13. The van der Waals surface area contributed by atoms with Gasteiger partial charge in [0.1, 0.15) is 12.6 Å². The number of carbonyl (C=O) groups excluding carboxylic acids is 2. The lowest BCUT2D eigenvalue weighted by Gasteiger charge is -2.16. The lowest BCUT2D eigenvalue weighted by molar-refractivity contribution is -0.145. The van der Waals surface area contributed by atoms with E-state index >= 15 is 0 Å². The van der Waals surface area contributed by atoms with Crippen LogP contribution < -0.4 is 5.32 Å². The van der Waals surface area contributed by atoms with Crippen molar-refractivity contribution >= 4 is 23.5 Å². The topological polar surface area (TPSA) is 73.9 Å². The molecule has 0 saturated carbocycles. The Balaban J connectivity index is 2.57. The third kappa shape index (κ3) is 6.89. The zero-order valence-electron chi connectivity index (χ0n) is 12.6. The molecule has 0 bridgehead atoms. The molecule has 1 rings (SSSR count). The molecule has 0 aliphatic rings. The van der Waals surface area contributed by atoms with Gasteiger partial charge in [-0.3, -0.25) is 4.79 Å². The monoisotopic (exact) mass is 329 g/mol. The zero-order chi connectivity index (χ0) is 16.4. The fourth-order valence-electron chi connectivity index (χ4n) is 1.78. The first kappa shape index (κ1) is 18.4. The van der Waals surface area contributed by atoms with Crippen LogP contribution in [-0.2, 0) is 30.2 Å². The van der Waals surface area contributed by atoms with Crippen LogP contribution >= 0.6 is 11.6 Å². The average Bonchev–Trinajstić information content (AvgIpc) is 2.50. The van der Waals surface area contributed by atoms with Crippen LogP contribution in [0.4, 0.5) is 0 Å². The lowest BCUT2D eigenvalue weighted by atomic mass is 10.1. The van der Waals surface area contributed by atoms with Crippen molar-refractivity contribution in [3.63, 3.8) is 0 Å². The first-order chi connectivity index (χ1) is 10.6. The summed E-state index contributed by atoms with van der Waals surface area (Å²) in [6.45, 7) is 0.559. The third-order valence-corrected chi connectivity index (χ3v) is 3.05. The molecule has 0 aliphatic carbocycles. The molecule has 0 fully saturated rings. The standard InChI is InChI=1S/C15H20ClNO5/c1-20-6-7-22-10-14(18)17-13(15(19)21-2)9-11-4-3-5-12(16)8-11/h3-5,8,13H,6-7,9-10H2,1-2H3,(H,17,18)/t13-/m0/s1. The van der Waals surface area contributed by atoms with Crippen LogP contribution in [0, 0.1) is 0 Å². The van der Waals surface area contributed by atoms with E-state index in [1.807, 2.05) is 6.07 Å². The minimum Gasteiger partial charge on any atom is -0.467 e. The van der Waals surface area contributed by atoms with Gasteiger partial charge in [0, 0.05) is 18.6 Å². The van der Waals surface area contributed by atoms with Gasteiger partial charge in [-0.15, -0.1) is 0 Å². The zero-order valence-corrected chi connectivity index (χ0v) is 13.4. The highest BCUT2D eigenvalue weighted by Crippen LogP contribution is 2.12. The number of nitrogens with one attached hydrogen (secondary N) is 1. The minimum absolute atomic E-state index is 0.146. The van der Waals surface area contributed by atoms with E-state index in [4.69, 9.17) is 25.8 Å². The Morgan fingerprint density at radius 3 is 2.68 bits per heavy atom. The normalized spacial score (nSPS) is 11.8. The molecule has 1 amide bonds. The Bertz CT molecular complexity index is 495. The second-order valence-corrected chi connectivity index (χ2v) is 4.96. The van der Waals surface area contributed by atoms with E-state index in [1.165, 1.54) is 7.11 Å². The summed E-state index contributed by atoms with van der Waals surface area (Å²) in [6.07, 6.45) is 0.289. The molecule has 0 unspecified atom stereocenters. The highest BCUT2D eigenvalue weighted by atomic mass is 35.5. The van der Waals surface area contributed by atoms with E-state index in [1.54, 1.807) is 25.3 Å². The number of benzene rings is 1. The molecule has 1 N–H and O–H groups in total. The van der Waals surface area contributed by atoms with Crippen molar-refractivity contribution in [1.29, 1.82) is 0 Å². The van der Waals surface area contributed by atoms with Gasteiger partial charge in [-0.05, 0) is 17.7 Å². The Morgan fingerprint density at radius 2 is 2.05 bits per heavy atom. The number of methoxy groups -OCH3 is 2. The summed E-state index contributed by atoms with van der Waals surface area (Å²) in [6, 6.07) is 6.28. The number of rotatable bonds is 9. The maximum Gasteiger partial charge on any atom is 0.328 e. The quantitative estimate of drug-likeness (QED) is 0.544. The summed E-state index contributed by atoms with van der Waals surface area (Å²) < 4.78 is 14.6. The largest absolute Gasteiger partial charge is 0.467 e. The van der Waals surface area contributed by atoms with Gasteiger partial charge in [-0.25, -0.2) is 4.79 Å². The molecule has 0 radical (unpaired) electrons. The number of esters is 1. The number of halogens is 1.